The van der Waals surface area contributed by atoms with Crippen molar-refractivity contribution >= 4 is 17.6 Å². The summed E-state index contributed by atoms with van der Waals surface area (Å²) < 4.78 is 0. The number of aliphatic carboxylic acids is 1. The van der Waals surface area contributed by atoms with E-state index in [0.717, 1.165) is 19.3 Å². The van der Waals surface area contributed by atoms with Crippen LogP contribution in [0.25, 0.3) is 0 Å². The van der Waals surface area contributed by atoms with Crippen LogP contribution in [0.5, 0.6) is 0 Å². The zero-order valence-electron chi connectivity index (χ0n) is 11.3. The van der Waals surface area contributed by atoms with Crippen molar-refractivity contribution in [3.8, 4) is 6.07 Å². The van der Waals surface area contributed by atoms with Gasteiger partial charge in [-0.25, -0.2) is 0 Å². The van der Waals surface area contributed by atoms with Crippen molar-refractivity contribution in [3.63, 3.8) is 0 Å². The number of anilines is 1. The van der Waals surface area contributed by atoms with Crippen molar-refractivity contribution in [1.29, 1.82) is 5.26 Å². The van der Waals surface area contributed by atoms with Gasteiger partial charge >= 0.3 is 5.97 Å². The van der Waals surface area contributed by atoms with Crippen LogP contribution in [0.2, 0.25) is 0 Å². The highest BCUT2D eigenvalue weighted by Gasteiger charge is 2.03. The smallest absolute Gasteiger partial charge is 0.303 e. The van der Waals surface area contributed by atoms with Crippen LogP contribution in [-0.4, -0.2) is 17.0 Å². The number of nitrogens with zero attached hydrogens (tertiary/aromatic N) is 1. The van der Waals surface area contributed by atoms with E-state index in [1.807, 2.05) is 6.07 Å². The minimum atomic E-state index is -0.778. The van der Waals surface area contributed by atoms with E-state index in [1.54, 1.807) is 24.3 Å². The standard InChI is InChI=1S/C15H18N2O3/c16-11-12-6-5-7-13(10-12)17-14(18)8-3-1-2-4-9-15(19)20/h5-7,10H,1-4,8-9H2,(H,17,18)(H,19,20). The average molecular weight is 274 g/mol. The third-order valence-electron chi connectivity index (χ3n) is 2.82. The van der Waals surface area contributed by atoms with Gasteiger partial charge in [-0.2, -0.15) is 5.26 Å². The fraction of sp³-hybridized carbons (Fsp3) is 0.400. The number of carboxylic acids is 1. The molecule has 1 rings (SSSR count). The van der Waals surface area contributed by atoms with E-state index < -0.39 is 5.97 Å². The predicted molar refractivity (Wildman–Crippen MR) is 75.1 cm³/mol. The summed E-state index contributed by atoms with van der Waals surface area (Å²) in [4.78, 5) is 22.0. The number of rotatable bonds is 8. The summed E-state index contributed by atoms with van der Waals surface area (Å²) in [6.07, 6.45) is 3.66. The first kappa shape index (κ1) is 15.7. The number of hydrogen-bond donors (Lipinski definition) is 2. The molecule has 0 radical (unpaired) electrons. The van der Waals surface area contributed by atoms with Crippen molar-refractivity contribution in [3.05, 3.63) is 29.8 Å². The monoisotopic (exact) mass is 274 g/mol. The Morgan fingerprint density at radius 3 is 2.50 bits per heavy atom. The van der Waals surface area contributed by atoms with Crippen molar-refractivity contribution in [2.45, 2.75) is 38.5 Å². The molecule has 106 valence electrons. The van der Waals surface area contributed by atoms with Crippen molar-refractivity contribution < 1.29 is 14.7 Å². The van der Waals surface area contributed by atoms with E-state index in [1.165, 1.54) is 0 Å². The largest absolute Gasteiger partial charge is 0.481 e. The van der Waals surface area contributed by atoms with Gasteiger partial charge in [0.1, 0.15) is 0 Å². The highest BCUT2D eigenvalue weighted by Crippen LogP contribution is 2.11. The fourth-order valence-corrected chi connectivity index (χ4v) is 1.81. The summed E-state index contributed by atoms with van der Waals surface area (Å²) in [6.45, 7) is 0. The molecule has 5 heteroatoms. The fourth-order valence-electron chi connectivity index (χ4n) is 1.81. The quantitative estimate of drug-likeness (QED) is 0.713. The Morgan fingerprint density at radius 2 is 1.85 bits per heavy atom. The Hall–Kier alpha value is -2.35. The molecule has 0 fully saturated rings. The summed E-state index contributed by atoms with van der Waals surface area (Å²) in [5.41, 5.74) is 1.14. The highest BCUT2D eigenvalue weighted by molar-refractivity contribution is 5.90. The molecule has 0 aliphatic rings. The van der Waals surface area contributed by atoms with Gasteiger partial charge < -0.3 is 10.4 Å². The molecule has 2 N–H and O–H groups in total. The summed E-state index contributed by atoms with van der Waals surface area (Å²) in [5.74, 6) is -0.863. The number of carbonyl (C=O) groups is 2. The zero-order valence-corrected chi connectivity index (χ0v) is 11.3. The SMILES string of the molecule is N#Cc1cccc(NC(=O)CCCCCCC(=O)O)c1. The van der Waals surface area contributed by atoms with E-state index in [4.69, 9.17) is 10.4 Å². The van der Waals surface area contributed by atoms with Gasteiger partial charge in [-0.1, -0.05) is 18.9 Å². The van der Waals surface area contributed by atoms with E-state index in [2.05, 4.69) is 5.32 Å². The van der Waals surface area contributed by atoms with E-state index >= 15 is 0 Å². The second-order valence-electron chi connectivity index (χ2n) is 4.55. The predicted octanol–water partition coefficient (Wildman–Crippen LogP) is 2.92. The Bertz CT molecular complexity index is 506. The molecule has 0 bridgehead atoms. The molecule has 0 unspecified atom stereocenters. The second kappa shape index (κ2) is 8.70. The number of amides is 1. The van der Waals surface area contributed by atoms with Gasteiger partial charge in [-0.05, 0) is 31.0 Å². The molecule has 0 spiro atoms. The van der Waals surface area contributed by atoms with Crippen LogP contribution in [0, 0.1) is 11.3 Å². The molecular formula is C15H18N2O3. The lowest BCUT2D eigenvalue weighted by Crippen LogP contribution is -2.11. The molecule has 20 heavy (non-hydrogen) atoms. The van der Waals surface area contributed by atoms with Gasteiger partial charge in [0.05, 0.1) is 11.6 Å². The Morgan fingerprint density at radius 1 is 1.15 bits per heavy atom. The number of unbranched alkanes of at least 4 members (excludes halogenated alkanes) is 3. The Balaban J connectivity index is 2.20. The Kier molecular flexibility index (Phi) is 6.83. The number of carbonyl (C=O) groups excluding carboxylic acids is 1. The van der Waals surface area contributed by atoms with Crippen LogP contribution in [0.4, 0.5) is 5.69 Å². The van der Waals surface area contributed by atoms with E-state index in [9.17, 15) is 9.59 Å². The van der Waals surface area contributed by atoms with Crippen molar-refractivity contribution in [2.75, 3.05) is 5.32 Å². The molecule has 1 amide bonds. The first-order valence-electron chi connectivity index (χ1n) is 6.63. The molecule has 0 aromatic heterocycles. The maximum absolute atomic E-state index is 11.7. The summed E-state index contributed by atoms with van der Waals surface area (Å²) >= 11 is 0. The van der Waals surface area contributed by atoms with Crippen LogP contribution in [0.1, 0.15) is 44.1 Å². The lowest BCUT2D eigenvalue weighted by molar-refractivity contribution is -0.137. The van der Waals surface area contributed by atoms with Gasteiger partial charge in [-0.15, -0.1) is 0 Å². The van der Waals surface area contributed by atoms with Gasteiger partial charge in [0.25, 0.3) is 0 Å². The van der Waals surface area contributed by atoms with Gasteiger partial charge in [-0.3, -0.25) is 9.59 Å². The number of nitrogens with one attached hydrogen (secondary N) is 1. The number of hydrogen-bond acceptors (Lipinski definition) is 3. The van der Waals surface area contributed by atoms with E-state index in [-0.39, 0.29) is 12.3 Å². The maximum atomic E-state index is 11.7. The van der Waals surface area contributed by atoms with Gasteiger partial charge in [0, 0.05) is 18.5 Å². The normalized spacial score (nSPS) is 9.75. The molecule has 0 heterocycles. The molecule has 0 aliphatic heterocycles. The topological polar surface area (TPSA) is 90.2 Å². The van der Waals surface area contributed by atoms with Crippen LogP contribution in [0.3, 0.4) is 0 Å². The maximum Gasteiger partial charge on any atom is 0.303 e. The summed E-state index contributed by atoms with van der Waals surface area (Å²) in [6, 6.07) is 8.79. The summed E-state index contributed by atoms with van der Waals surface area (Å²) in [5, 5.41) is 20.0. The number of nitriles is 1. The third-order valence-corrected chi connectivity index (χ3v) is 2.82. The molecule has 5 nitrogen and oxygen atoms in total. The minimum absolute atomic E-state index is 0.0849. The molecule has 0 atom stereocenters. The highest BCUT2D eigenvalue weighted by atomic mass is 16.4. The second-order valence-corrected chi connectivity index (χ2v) is 4.55. The lowest BCUT2D eigenvalue weighted by atomic mass is 10.1. The number of carboxylic acid groups (broad SMARTS) is 1. The lowest BCUT2D eigenvalue weighted by Gasteiger charge is -2.05. The number of benzene rings is 1. The molecule has 0 saturated carbocycles. The molecule has 0 aliphatic carbocycles. The molecule has 0 saturated heterocycles. The molecular weight excluding hydrogens is 256 g/mol. The van der Waals surface area contributed by atoms with Crippen LogP contribution in [-0.2, 0) is 9.59 Å². The van der Waals surface area contributed by atoms with Crippen molar-refractivity contribution in [1.82, 2.24) is 0 Å². The van der Waals surface area contributed by atoms with Crippen LogP contribution < -0.4 is 5.32 Å². The third kappa shape index (κ3) is 6.55. The van der Waals surface area contributed by atoms with Gasteiger partial charge in [0.2, 0.25) is 5.91 Å². The zero-order chi connectivity index (χ0) is 14.8. The van der Waals surface area contributed by atoms with Crippen molar-refractivity contribution in [2.24, 2.45) is 0 Å². The average Bonchev–Trinajstić information content (AvgIpc) is 2.42. The molecule has 1 aromatic carbocycles. The molecule has 1 aromatic rings. The minimum Gasteiger partial charge on any atom is -0.481 e. The Labute approximate surface area is 118 Å². The van der Waals surface area contributed by atoms with Gasteiger partial charge in [0.15, 0.2) is 0 Å². The van der Waals surface area contributed by atoms with E-state index in [0.29, 0.717) is 24.1 Å². The van der Waals surface area contributed by atoms with Crippen LogP contribution in [0.15, 0.2) is 24.3 Å². The first-order valence-corrected chi connectivity index (χ1v) is 6.63. The first-order chi connectivity index (χ1) is 9.61. The summed E-state index contributed by atoms with van der Waals surface area (Å²) in [7, 11) is 0. The van der Waals surface area contributed by atoms with Crippen LogP contribution >= 0.6 is 0 Å².